The molecule has 1 aliphatic rings. The van der Waals surface area contributed by atoms with Crippen molar-refractivity contribution in [3.05, 3.63) is 89.8 Å². The van der Waals surface area contributed by atoms with Crippen molar-refractivity contribution in [3.63, 3.8) is 0 Å². The minimum atomic E-state index is 0.885. The molecule has 2 aromatic heterocycles. The Bertz CT molecular complexity index is 1120. The van der Waals surface area contributed by atoms with Crippen LogP contribution < -0.4 is 0 Å². The molecule has 0 N–H and O–H groups in total. The summed E-state index contributed by atoms with van der Waals surface area (Å²) in [5, 5.41) is 5.62. The first-order valence-corrected chi connectivity index (χ1v) is 8.47. The lowest BCUT2D eigenvalue weighted by Gasteiger charge is -2.08. The molecule has 3 heteroatoms. The number of aromatic nitrogens is 3. The third-order valence-electron chi connectivity index (χ3n) is 4.76. The van der Waals surface area contributed by atoms with Crippen LogP contribution in [0.4, 0.5) is 0 Å². The number of aryl methyl sites for hydroxylation is 1. The van der Waals surface area contributed by atoms with Crippen molar-refractivity contribution in [2.24, 2.45) is 7.05 Å². The van der Waals surface area contributed by atoms with Crippen LogP contribution in [-0.4, -0.2) is 14.8 Å². The Labute approximate surface area is 146 Å². The molecule has 3 nitrogen and oxygen atoms in total. The van der Waals surface area contributed by atoms with Gasteiger partial charge in [0, 0.05) is 36.2 Å². The van der Waals surface area contributed by atoms with Crippen LogP contribution in [-0.2, 0) is 13.5 Å². The molecule has 0 radical (unpaired) electrons. The van der Waals surface area contributed by atoms with E-state index < -0.39 is 0 Å². The Hall–Kier alpha value is -3.20. The van der Waals surface area contributed by atoms with E-state index in [1.807, 2.05) is 17.8 Å². The van der Waals surface area contributed by atoms with E-state index in [2.05, 4.69) is 72.0 Å². The molecule has 0 amide bonds. The molecule has 0 fully saturated rings. The standard InChI is InChI=1S/C22H17N3/c1-25-14-17-13-16(7-10-21(17)24-25)18-8-12-22-19(18)9-11-20(23-22)15-5-3-2-4-6-15/h2-11,13-14H,12H2,1H3. The lowest BCUT2D eigenvalue weighted by atomic mass is 9.99. The second-order valence-corrected chi connectivity index (χ2v) is 6.46. The lowest BCUT2D eigenvalue weighted by Crippen LogP contribution is -1.93. The van der Waals surface area contributed by atoms with E-state index in [9.17, 15) is 0 Å². The number of allylic oxidation sites excluding steroid dienone is 1. The smallest absolute Gasteiger partial charge is 0.0923 e. The van der Waals surface area contributed by atoms with Gasteiger partial charge in [0.05, 0.1) is 16.9 Å². The van der Waals surface area contributed by atoms with Crippen molar-refractivity contribution in [2.75, 3.05) is 0 Å². The fourth-order valence-electron chi connectivity index (χ4n) is 3.57. The molecule has 120 valence electrons. The number of hydrogen-bond acceptors (Lipinski definition) is 2. The summed E-state index contributed by atoms with van der Waals surface area (Å²) >= 11 is 0. The first-order valence-electron chi connectivity index (χ1n) is 8.47. The van der Waals surface area contributed by atoms with Gasteiger partial charge in [-0.2, -0.15) is 5.10 Å². The fourth-order valence-corrected chi connectivity index (χ4v) is 3.57. The normalized spacial score (nSPS) is 13.1. The van der Waals surface area contributed by atoms with Gasteiger partial charge in [-0.3, -0.25) is 9.67 Å². The van der Waals surface area contributed by atoms with Crippen LogP contribution in [0.5, 0.6) is 0 Å². The molecule has 0 atom stereocenters. The van der Waals surface area contributed by atoms with Gasteiger partial charge in [0.1, 0.15) is 0 Å². The zero-order chi connectivity index (χ0) is 16.8. The highest BCUT2D eigenvalue weighted by Crippen LogP contribution is 2.34. The van der Waals surface area contributed by atoms with Gasteiger partial charge in [-0.25, -0.2) is 0 Å². The highest BCUT2D eigenvalue weighted by molar-refractivity contribution is 5.89. The van der Waals surface area contributed by atoms with Gasteiger partial charge in [-0.1, -0.05) is 48.5 Å². The summed E-state index contributed by atoms with van der Waals surface area (Å²) in [6.07, 6.45) is 5.23. The van der Waals surface area contributed by atoms with Crippen molar-refractivity contribution < 1.29 is 0 Å². The Balaban J connectivity index is 1.55. The Kier molecular flexibility index (Phi) is 3.07. The molecule has 1 aliphatic carbocycles. The average molecular weight is 323 g/mol. The summed E-state index contributed by atoms with van der Waals surface area (Å²) < 4.78 is 1.86. The molecule has 0 unspecified atom stereocenters. The van der Waals surface area contributed by atoms with E-state index in [4.69, 9.17) is 4.98 Å². The summed E-state index contributed by atoms with van der Waals surface area (Å²) in [4.78, 5) is 4.90. The summed E-state index contributed by atoms with van der Waals surface area (Å²) in [6.45, 7) is 0. The largest absolute Gasteiger partial charge is 0.275 e. The van der Waals surface area contributed by atoms with Crippen LogP contribution in [0.25, 0.3) is 27.7 Å². The monoisotopic (exact) mass is 323 g/mol. The lowest BCUT2D eigenvalue weighted by molar-refractivity contribution is 0.780. The highest BCUT2D eigenvalue weighted by Gasteiger charge is 2.18. The maximum Gasteiger partial charge on any atom is 0.0923 e. The van der Waals surface area contributed by atoms with Crippen LogP contribution in [0.15, 0.2) is 72.9 Å². The maximum absolute atomic E-state index is 4.90. The molecule has 25 heavy (non-hydrogen) atoms. The first kappa shape index (κ1) is 14.2. The minimum absolute atomic E-state index is 0.885. The zero-order valence-corrected chi connectivity index (χ0v) is 14.0. The predicted molar refractivity (Wildman–Crippen MR) is 101 cm³/mol. The molecule has 0 saturated heterocycles. The minimum Gasteiger partial charge on any atom is -0.275 e. The number of nitrogens with zero attached hydrogens (tertiary/aromatic N) is 3. The Morgan fingerprint density at radius 2 is 1.80 bits per heavy atom. The number of hydrogen-bond donors (Lipinski definition) is 0. The van der Waals surface area contributed by atoms with E-state index in [-0.39, 0.29) is 0 Å². The van der Waals surface area contributed by atoms with Gasteiger partial charge >= 0.3 is 0 Å². The summed E-state index contributed by atoms with van der Waals surface area (Å²) in [5.41, 5.74) is 8.13. The van der Waals surface area contributed by atoms with Crippen molar-refractivity contribution in [2.45, 2.75) is 6.42 Å². The van der Waals surface area contributed by atoms with E-state index in [1.165, 1.54) is 22.1 Å². The fraction of sp³-hybridized carbons (Fsp3) is 0.0909. The quantitative estimate of drug-likeness (QED) is 0.539. The third kappa shape index (κ3) is 2.36. The van der Waals surface area contributed by atoms with Gasteiger partial charge in [0.2, 0.25) is 0 Å². The molecular weight excluding hydrogens is 306 g/mol. The van der Waals surface area contributed by atoms with Gasteiger partial charge < -0.3 is 0 Å². The van der Waals surface area contributed by atoms with Crippen molar-refractivity contribution in [1.82, 2.24) is 14.8 Å². The summed E-state index contributed by atoms with van der Waals surface area (Å²) in [7, 11) is 1.96. The molecule has 0 bridgehead atoms. The topological polar surface area (TPSA) is 30.7 Å². The van der Waals surface area contributed by atoms with Gasteiger partial charge in [-0.15, -0.1) is 0 Å². The van der Waals surface area contributed by atoms with Gasteiger partial charge in [0.15, 0.2) is 0 Å². The van der Waals surface area contributed by atoms with E-state index >= 15 is 0 Å². The van der Waals surface area contributed by atoms with E-state index in [0.717, 1.165) is 28.9 Å². The summed E-state index contributed by atoms with van der Waals surface area (Å²) in [6, 6.07) is 21.1. The Morgan fingerprint density at radius 1 is 0.920 bits per heavy atom. The van der Waals surface area contributed by atoms with Crippen LogP contribution in [0.2, 0.25) is 0 Å². The number of fused-ring (bicyclic) bond motifs is 2. The van der Waals surface area contributed by atoms with Crippen molar-refractivity contribution in [3.8, 4) is 11.3 Å². The molecular formula is C22H17N3. The zero-order valence-electron chi connectivity index (χ0n) is 14.0. The molecule has 0 aliphatic heterocycles. The molecule has 0 spiro atoms. The molecule has 2 aromatic carbocycles. The van der Waals surface area contributed by atoms with Crippen molar-refractivity contribution >= 4 is 16.5 Å². The van der Waals surface area contributed by atoms with Crippen LogP contribution in [0, 0.1) is 0 Å². The second kappa shape index (κ2) is 5.42. The number of rotatable bonds is 2. The SMILES string of the molecule is Cn1cc2cc(C3=CCc4nc(-c5ccccc5)ccc43)ccc2n1. The number of benzene rings is 2. The van der Waals surface area contributed by atoms with Crippen LogP contribution in [0.1, 0.15) is 16.8 Å². The van der Waals surface area contributed by atoms with Gasteiger partial charge in [-0.05, 0) is 29.3 Å². The second-order valence-electron chi connectivity index (χ2n) is 6.46. The molecule has 4 aromatic rings. The highest BCUT2D eigenvalue weighted by atomic mass is 15.2. The molecule has 0 saturated carbocycles. The Morgan fingerprint density at radius 3 is 2.68 bits per heavy atom. The summed E-state index contributed by atoms with van der Waals surface area (Å²) in [5.74, 6) is 0. The van der Waals surface area contributed by atoms with Gasteiger partial charge in [0.25, 0.3) is 0 Å². The van der Waals surface area contributed by atoms with Crippen molar-refractivity contribution in [1.29, 1.82) is 0 Å². The third-order valence-corrected chi connectivity index (χ3v) is 4.76. The average Bonchev–Trinajstić information content (AvgIpc) is 3.23. The first-order chi connectivity index (χ1) is 12.3. The molecule has 2 heterocycles. The predicted octanol–water partition coefficient (Wildman–Crippen LogP) is 4.62. The molecule has 5 rings (SSSR count). The van der Waals surface area contributed by atoms with Crippen LogP contribution in [0.3, 0.4) is 0 Å². The van der Waals surface area contributed by atoms with E-state index in [1.54, 1.807) is 0 Å². The van der Waals surface area contributed by atoms with Crippen LogP contribution >= 0.6 is 0 Å². The maximum atomic E-state index is 4.90. The number of pyridine rings is 1. The van der Waals surface area contributed by atoms with E-state index in [0.29, 0.717) is 0 Å².